The number of aromatic nitrogens is 3. The lowest BCUT2D eigenvalue weighted by Gasteiger charge is -2.35. The summed E-state index contributed by atoms with van der Waals surface area (Å²) in [5, 5.41) is 16.0. The number of nitrogens with one attached hydrogen (secondary N) is 2. The maximum Gasteiger partial charge on any atom is 0.315 e. The lowest BCUT2D eigenvalue weighted by Crippen LogP contribution is -2.53. The van der Waals surface area contributed by atoms with Gasteiger partial charge in [0.1, 0.15) is 12.2 Å². The first-order valence-electron chi connectivity index (χ1n) is 12.0. The number of piperidine rings is 2. The van der Waals surface area contributed by atoms with Crippen molar-refractivity contribution in [1.29, 1.82) is 0 Å². The molecule has 3 heterocycles. The third-order valence-electron chi connectivity index (χ3n) is 6.11. The molecule has 2 fully saturated rings. The van der Waals surface area contributed by atoms with Crippen LogP contribution in [0.15, 0.2) is 18.2 Å². The van der Waals surface area contributed by atoms with Crippen LogP contribution in [0.1, 0.15) is 32.1 Å². The van der Waals surface area contributed by atoms with E-state index in [-0.39, 0.29) is 23.5 Å². The molecule has 0 spiro atoms. The third-order valence-corrected chi connectivity index (χ3v) is 6.11. The number of methoxy groups -OCH3 is 1. The second-order valence-corrected chi connectivity index (χ2v) is 9.13. The number of aromatic hydroxyl groups is 1. The SMILES string of the molecule is COC(=O)CC(=O)Nc1ccc(Nc2nc(N3CCCCC3)nc(N3C[C@H](N)C[C@H](N)C3)n2)cc1O. The molecule has 0 bridgehead atoms. The average Bonchev–Trinajstić information content (AvgIpc) is 2.85. The molecule has 0 unspecified atom stereocenters. The zero-order valence-corrected chi connectivity index (χ0v) is 20.3. The molecule has 36 heavy (non-hydrogen) atoms. The summed E-state index contributed by atoms with van der Waals surface area (Å²) in [7, 11) is 1.20. The summed E-state index contributed by atoms with van der Waals surface area (Å²) in [5.41, 5.74) is 13.1. The number of carbonyl (C=O) groups is 2. The molecule has 13 heteroatoms. The Labute approximate surface area is 209 Å². The fraction of sp³-hybridized carbons (Fsp3) is 0.522. The first-order valence-corrected chi connectivity index (χ1v) is 12.0. The van der Waals surface area contributed by atoms with Crippen molar-refractivity contribution in [2.24, 2.45) is 11.5 Å². The van der Waals surface area contributed by atoms with E-state index in [1.165, 1.54) is 25.7 Å². The van der Waals surface area contributed by atoms with E-state index in [2.05, 4.69) is 30.2 Å². The molecule has 2 aliphatic heterocycles. The van der Waals surface area contributed by atoms with Crippen molar-refractivity contribution in [3.05, 3.63) is 18.2 Å². The Morgan fingerprint density at radius 3 is 2.36 bits per heavy atom. The molecule has 194 valence electrons. The number of nitrogens with zero attached hydrogens (tertiary/aromatic N) is 5. The number of nitrogens with two attached hydrogens (primary N) is 2. The highest BCUT2D eigenvalue weighted by Crippen LogP contribution is 2.29. The van der Waals surface area contributed by atoms with Gasteiger partial charge >= 0.3 is 5.97 Å². The minimum atomic E-state index is -0.670. The van der Waals surface area contributed by atoms with Crippen LogP contribution >= 0.6 is 0 Å². The zero-order chi connectivity index (χ0) is 25.7. The van der Waals surface area contributed by atoms with Gasteiger partial charge in [-0.25, -0.2) is 0 Å². The van der Waals surface area contributed by atoms with Gasteiger partial charge in [-0.15, -0.1) is 0 Å². The number of hydrogen-bond donors (Lipinski definition) is 5. The summed E-state index contributed by atoms with van der Waals surface area (Å²) in [6.07, 6.45) is 3.61. The maximum atomic E-state index is 11.9. The number of rotatable bonds is 7. The van der Waals surface area contributed by atoms with E-state index in [1.807, 2.05) is 4.90 Å². The molecule has 0 saturated carbocycles. The Morgan fingerprint density at radius 2 is 1.72 bits per heavy atom. The number of phenolic OH excluding ortho intramolecular Hbond substituents is 1. The van der Waals surface area contributed by atoms with Gasteiger partial charge in [0.05, 0.1) is 12.8 Å². The first kappa shape index (κ1) is 25.4. The lowest BCUT2D eigenvalue weighted by atomic mass is 10.0. The molecular formula is C23H33N9O4. The molecule has 7 N–H and O–H groups in total. The van der Waals surface area contributed by atoms with Gasteiger partial charge < -0.3 is 41.7 Å². The van der Waals surface area contributed by atoms with E-state index in [0.717, 1.165) is 32.4 Å². The molecule has 2 saturated heterocycles. The number of phenols is 1. The fourth-order valence-corrected chi connectivity index (χ4v) is 4.37. The average molecular weight is 500 g/mol. The van der Waals surface area contributed by atoms with Gasteiger partial charge in [-0.3, -0.25) is 9.59 Å². The van der Waals surface area contributed by atoms with Crippen LogP contribution < -0.4 is 31.9 Å². The molecular weight excluding hydrogens is 466 g/mol. The standard InChI is InChI=1S/C23H33N9O4/c1-36-20(35)11-19(34)27-17-6-5-16(10-18(17)33)26-21-28-22(31-7-3-2-4-8-31)30-23(29-21)32-12-14(24)9-15(25)13-32/h5-6,10,14-15,33H,2-4,7-9,11-13,24-25H2,1H3,(H,27,34)(H,26,28,29,30)/t14-,15+. The van der Waals surface area contributed by atoms with Crippen molar-refractivity contribution in [2.45, 2.75) is 44.2 Å². The van der Waals surface area contributed by atoms with Crippen molar-refractivity contribution in [2.75, 3.05) is 53.7 Å². The van der Waals surface area contributed by atoms with Gasteiger partial charge in [0.15, 0.2) is 0 Å². The summed E-state index contributed by atoms with van der Waals surface area (Å²) in [6.45, 7) is 2.92. The predicted molar refractivity (Wildman–Crippen MR) is 135 cm³/mol. The highest BCUT2D eigenvalue weighted by atomic mass is 16.5. The van der Waals surface area contributed by atoms with Crippen LogP contribution in [0.4, 0.5) is 29.2 Å². The highest BCUT2D eigenvalue weighted by Gasteiger charge is 2.26. The quantitative estimate of drug-likeness (QED) is 0.204. The molecule has 0 radical (unpaired) electrons. The van der Waals surface area contributed by atoms with Gasteiger partial charge in [0.25, 0.3) is 0 Å². The number of hydrogen-bond acceptors (Lipinski definition) is 12. The van der Waals surface area contributed by atoms with E-state index in [1.54, 1.807) is 6.07 Å². The van der Waals surface area contributed by atoms with Crippen LogP contribution in [0.2, 0.25) is 0 Å². The van der Waals surface area contributed by atoms with Crippen LogP contribution in [0.3, 0.4) is 0 Å². The lowest BCUT2D eigenvalue weighted by molar-refractivity contribution is -0.142. The fourth-order valence-electron chi connectivity index (χ4n) is 4.37. The topological polar surface area (TPSA) is 185 Å². The number of ether oxygens (including phenoxy) is 1. The number of esters is 1. The van der Waals surface area contributed by atoms with Crippen LogP contribution in [0.25, 0.3) is 0 Å². The van der Waals surface area contributed by atoms with E-state index in [4.69, 9.17) is 16.5 Å². The number of carbonyl (C=O) groups excluding carboxylic acids is 2. The summed E-state index contributed by atoms with van der Waals surface area (Å²) in [6, 6.07) is 4.47. The number of anilines is 5. The Morgan fingerprint density at radius 1 is 1.06 bits per heavy atom. The number of benzene rings is 1. The van der Waals surface area contributed by atoms with Crippen LogP contribution in [0, 0.1) is 0 Å². The summed E-state index contributed by atoms with van der Waals surface area (Å²) >= 11 is 0. The van der Waals surface area contributed by atoms with Crippen molar-refractivity contribution in [3.8, 4) is 5.75 Å². The van der Waals surface area contributed by atoms with Crippen molar-refractivity contribution in [1.82, 2.24) is 15.0 Å². The summed E-state index contributed by atoms with van der Waals surface area (Å²) < 4.78 is 4.48. The van der Waals surface area contributed by atoms with E-state index in [0.29, 0.717) is 36.6 Å². The Hall–Kier alpha value is -3.71. The van der Waals surface area contributed by atoms with E-state index >= 15 is 0 Å². The molecule has 0 aliphatic carbocycles. The van der Waals surface area contributed by atoms with Crippen LogP contribution in [-0.4, -0.2) is 77.3 Å². The summed E-state index contributed by atoms with van der Waals surface area (Å²) in [5.74, 6) is -0.0625. The van der Waals surface area contributed by atoms with Gasteiger partial charge in [-0.2, -0.15) is 15.0 Å². The highest BCUT2D eigenvalue weighted by molar-refractivity contribution is 6.02. The van der Waals surface area contributed by atoms with Gasteiger partial charge in [0.2, 0.25) is 23.8 Å². The molecule has 2 atom stereocenters. The molecule has 1 aromatic heterocycles. The molecule has 1 aromatic carbocycles. The van der Waals surface area contributed by atoms with Gasteiger partial charge in [0, 0.05) is 50.0 Å². The molecule has 2 aliphatic rings. The molecule has 2 aromatic rings. The van der Waals surface area contributed by atoms with E-state index < -0.39 is 18.3 Å². The van der Waals surface area contributed by atoms with Crippen molar-refractivity contribution in [3.63, 3.8) is 0 Å². The minimum Gasteiger partial charge on any atom is -0.506 e. The third kappa shape index (κ3) is 6.49. The van der Waals surface area contributed by atoms with Crippen molar-refractivity contribution < 1.29 is 19.4 Å². The number of amides is 1. The van der Waals surface area contributed by atoms with Crippen LogP contribution in [0.5, 0.6) is 5.75 Å². The zero-order valence-electron chi connectivity index (χ0n) is 20.3. The Kier molecular flexibility index (Phi) is 8.00. The second-order valence-electron chi connectivity index (χ2n) is 9.13. The minimum absolute atomic E-state index is 0.0701. The Balaban J connectivity index is 1.55. The maximum absolute atomic E-state index is 11.9. The second kappa shape index (κ2) is 11.4. The molecule has 1 amide bonds. The predicted octanol–water partition coefficient (Wildman–Crippen LogP) is 0.677. The first-order chi connectivity index (χ1) is 17.3. The monoisotopic (exact) mass is 499 g/mol. The molecule has 4 rings (SSSR count). The normalized spacial score (nSPS) is 20.1. The Bertz CT molecular complexity index is 1080. The van der Waals surface area contributed by atoms with Gasteiger partial charge in [-0.05, 0) is 37.8 Å². The van der Waals surface area contributed by atoms with Gasteiger partial charge in [-0.1, -0.05) is 0 Å². The molecule has 13 nitrogen and oxygen atoms in total. The van der Waals surface area contributed by atoms with Crippen LogP contribution in [-0.2, 0) is 14.3 Å². The summed E-state index contributed by atoms with van der Waals surface area (Å²) in [4.78, 5) is 41.3. The van der Waals surface area contributed by atoms with Crippen molar-refractivity contribution >= 4 is 41.1 Å². The largest absolute Gasteiger partial charge is 0.506 e. The smallest absolute Gasteiger partial charge is 0.315 e. The van der Waals surface area contributed by atoms with E-state index in [9.17, 15) is 14.7 Å².